The third kappa shape index (κ3) is 3.43. The number of carbonyl (C=O) groups excluding carboxylic acids is 1. The van der Waals surface area contributed by atoms with Crippen LogP contribution >= 0.6 is 0 Å². The maximum absolute atomic E-state index is 12.5. The maximum atomic E-state index is 12.5. The molecular weight excluding hydrogens is 304 g/mol. The molecule has 0 unspecified atom stereocenters. The predicted molar refractivity (Wildman–Crippen MR) is 90.1 cm³/mol. The molecule has 6 nitrogen and oxygen atoms in total. The quantitative estimate of drug-likeness (QED) is 0.757. The highest BCUT2D eigenvalue weighted by atomic mass is 16.5. The summed E-state index contributed by atoms with van der Waals surface area (Å²) < 4.78 is 7.23. The van der Waals surface area contributed by atoms with Crippen molar-refractivity contribution >= 4 is 5.91 Å². The topological polar surface area (TPSA) is 69.0 Å². The lowest BCUT2D eigenvalue weighted by molar-refractivity contribution is 0.0943. The predicted octanol–water partition coefficient (Wildman–Crippen LogP) is 2.60. The lowest BCUT2D eigenvalue weighted by atomic mass is 10.2. The molecule has 6 heteroatoms. The van der Waals surface area contributed by atoms with Gasteiger partial charge in [-0.1, -0.05) is 24.3 Å². The number of nitrogens with zero attached hydrogens (tertiary/aromatic N) is 3. The SMILES string of the molecule is CCOc1ncccc1CNC(=O)c1cncn1-c1ccccc1. The molecule has 0 saturated heterocycles. The van der Waals surface area contributed by atoms with Gasteiger partial charge in [-0.05, 0) is 25.1 Å². The Bertz CT molecular complexity index is 815. The molecule has 0 aliphatic carbocycles. The Morgan fingerprint density at radius 1 is 1.21 bits per heavy atom. The largest absolute Gasteiger partial charge is 0.478 e. The van der Waals surface area contributed by atoms with Crippen LogP contribution in [0.25, 0.3) is 5.69 Å². The van der Waals surface area contributed by atoms with E-state index in [1.54, 1.807) is 23.3 Å². The summed E-state index contributed by atoms with van der Waals surface area (Å²) in [5.41, 5.74) is 2.19. The summed E-state index contributed by atoms with van der Waals surface area (Å²) >= 11 is 0. The molecule has 3 aromatic rings. The summed E-state index contributed by atoms with van der Waals surface area (Å²) in [5, 5.41) is 2.89. The van der Waals surface area contributed by atoms with Gasteiger partial charge in [0, 0.05) is 24.0 Å². The third-order valence-electron chi connectivity index (χ3n) is 3.48. The van der Waals surface area contributed by atoms with E-state index in [-0.39, 0.29) is 5.91 Å². The average molecular weight is 322 g/mol. The Morgan fingerprint density at radius 2 is 2.04 bits per heavy atom. The van der Waals surface area contributed by atoms with Gasteiger partial charge in [-0.15, -0.1) is 0 Å². The van der Waals surface area contributed by atoms with E-state index in [0.717, 1.165) is 11.3 Å². The molecule has 2 heterocycles. The Balaban J connectivity index is 1.74. The van der Waals surface area contributed by atoms with E-state index in [4.69, 9.17) is 4.74 Å². The van der Waals surface area contributed by atoms with Crippen molar-refractivity contribution < 1.29 is 9.53 Å². The monoisotopic (exact) mass is 322 g/mol. The van der Waals surface area contributed by atoms with Crippen molar-refractivity contribution in [1.82, 2.24) is 19.9 Å². The van der Waals surface area contributed by atoms with Crippen LogP contribution in [-0.4, -0.2) is 27.0 Å². The zero-order valence-electron chi connectivity index (χ0n) is 13.3. The van der Waals surface area contributed by atoms with Gasteiger partial charge in [0.2, 0.25) is 5.88 Å². The van der Waals surface area contributed by atoms with E-state index < -0.39 is 0 Å². The Hall–Kier alpha value is -3.15. The standard InChI is InChI=1S/C18H18N4O2/c1-2-24-18-14(7-6-10-20-18)11-21-17(23)16-12-19-13-22(16)15-8-4-3-5-9-15/h3-10,12-13H,2,11H2,1H3,(H,21,23). The number of ether oxygens (including phenoxy) is 1. The highest BCUT2D eigenvalue weighted by Crippen LogP contribution is 2.15. The number of para-hydroxylation sites is 1. The second kappa shape index (κ2) is 7.41. The number of pyridine rings is 1. The van der Waals surface area contributed by atoms with E-state index in [2.05, 4.69) is 15.3 Å². The summed E-state index contributed by atoms with van der Waals surface area (Å²) in [5.74, 6) is 0.333. The zero-order valence-corrected chi connectivity index (χ0v) is 13.3. The number of rotatable bonds is 6. The van der Waals surface area contributed by atoms with Crippen LogP contribution in [0.1, 0.15) is 23.0 Å². The highest BCUT2D eigenvalue weighted by Gasteiger charge is 2.13. The van der Waals surface area contributed by atoms with Gasteiger partial charge in [0.25, 0.3) is 5.91 Å². The Labute approximate surface area is 140 Å². The number of carbonyl (C=O) groups is 1. The molecule has 1 N–H and O–H groups in total. The minimum absolute atomic E-state index is 0.206. The fourth-order valence-corrected chi connectivity index (χ4v) is 2.35. The van der Waals surface area contributed by atoms with Crippen LogP contribution in [0.3, 0.4) is 0 Å². The van der Waals surface area contributed by atoms with Gasteiger partial charge in [-0.3, -0.25) is 9.36 Å². The lowest BCUT2D eigenvalue weighted by Gasteiger charge is -2.11. The molecule has 0 spiro atoms. The second-order valence-electron chi connectivity index (χ2n) is 5.07. The number of hydrogen-bond acceptors (Lipinski definition) is 4. The van der Waals surface area contributed by atoms with Crippen molar-refractivity contribution in [2.45, 2.75) is 13.5 Å². The fraction of sp³-hybridized carbons (Fsp3) is 0.167. The molecule has 0 saturated carbocycles. The summed E-state index contributed by atoms with van der Waals surface area (Å²) in [6.45, 7) is 2.76. The van der Waals surface area contributed by atoms with E-state index in [0.29, 0.717) is 24.7 Å². The number of amides is 1. The maximum Gasteiger partial charge on any atom is 0.270 e. The number of benzene rings is 1. The summed E-state index contributed by atoms with van der Waals surface area (Å²) in [7, 11) is 0. The van der Waals surface area contributed by atoms with Crippen LogP contribution in [0.4, 0.5) is 0 Å². The van der Waals surface area contributed by atoms with E-state index >= 15 is 0 Å². The first-order chi connectivity index (χ1) is 11.8. The number of aromatic nitrogens is 3. The Morgan fingerprint density at radius 3 is 2.83 bits per heavy atom. The average Bonchev–Trinajstić information content (AvgIpc) is 3.11. The molecule has 122 valence electrons. The molecular formula is C18H18N4O2. The van der Waals surface area contributed by atoms with E-state index in [9.17, 15) is 4.79 Å². The van der Waals surface area contributed by atoms with Crippen molar-refractivity contribution in [3.63, 3.8) is 0 Å². The van der Waals surface area contributed by atoms with Crippen LogP contribution < -0.4 is 10.1 Å². The van der Waals surface area contributed by atoms with Gasteiger partial charge in [0.05, 0.1) is 19.1 Å². The van der Waals surface area contributed by atoms with Gasteiger partial charge in [-0.2, -0.15) is 0 Å². The molecule has 1 amide bonds. The van der Waals surface area contributed by atoms with Gasteiger partial charge >= 0.3 is 0 Å². The molecule has 0 fully saturated rings. The molecule has 0 bridgehead atoms. The van der Waals surface area contributed by atoms with Gasteiger partial charge in [-0.25, -0.2) is 9.97 Å². The van der Waals surface area contributed by atoms with Crippen molar-refractivity contribution in [3.05, 3.63) is 72.4 Å². The summed E-state index contributed by atoms with van der Waals surface area (Å²) in [6, 6.07) is 13.3. The van der Waals surface area contributed by atoms with Crippen LogP contribution in [0, 0.1) is 0 Å². The number of nitrogens with one attached hydrogen (secondary N) is 1. The molecule has 0 atom stereocenters. The summed E-state index contributed by atoms with van der Waals surface area (Å²) in [4.78, 5) is 20.8. The molecule has 3 rings (SSSR count). The van der Waals surface area contributed by atoms with Crippen LogP contribution in [0.5, 0.6) is 5.88 Å². The van der Waals surface area contributed by atoms with Crippen LogP contribution in [0.15, 0.2) is 61.2 Å². The first-order valence-corrected chi connectivity index (χ1v) is 7.72. The zero-order chi connectivity index (χ0) is 16.8. The van der Waals surface area contributed by atoms with Crippen molar-refractivity contribution in [1.29, 1.82) is 0 Å². The first kappa shape index (κ1) is 15.7. The van der Waals surface area contributed by atoms with Gasteiger partial charge in [0.1, 0.15) is 5.69 Å². The fourth-order valence-electron chi connectivity index (χ4n) is 2.35. The molecule has 1 aromatic carbocycles. The normalized spacial score (nSPS) is 10.4. The van der Waals surface area contributed by atoms with Crippen molar-refractivity contribution in [2.75, 3.05) is 6.61 Å². The number of hydrogen-bond donors (Lipinski definition) is 1. The third-order valence-corrected chi connectivity index (χ3v) is 3.48. The molecule has 0 aliphatic heterocycles. The summed E-state index contributed by atoms with van der Waals surface area (Å²) in [6.07, 6.45) is 4.84. The van der Waals surface area contributed by atoms with E-state index in [1.807, 2.05) is 49.4 Å². The second-order valence-corrected chi connectivity index (χ2v) is 5.07. The minimum Gasteiger partial charge on any atom is -0.478 e. The van der Waals surface area contributed by atoms with E-state index in [1.165, 1.54) is 0 Å². The van der Waals surface area contributed by atoms with Crippen molar-refractivity contribution in [3.8, 4) is 11.6 Å². The minimum atomic E-state index is -0.206. The van der Waals surface area contributed by atoms with Crippen LogP contribution in [-0.2, 0) is 6.54 Å². The number of imidazole rings is 1. The lowest BCUT2D eigenvalue weighted by Crippen LogP contribution is -2.25. The molecule has 2 aromatic heterocycles. The smallest absolute Gasteiger partial charge is 0.270 e. The molecule has 0 radical (unpaired) electrons. The van der Waals surface area contributed by atoms with Gasteiger partial charge < -0.3 is 10.1 Å². The highest BCUT2D eigenvalue weighted by molar-refractivity contribution is 5.93. The molecule has 24 heavy (non-hydrogen) atoms. The molecule has 0 aliphatic rings. The van der Waals surface area contributed by atoms with Crippen LogP contribution in [0.2, 0.25) is 0 Å². The first-order valence-electron chi connectivity index (χ1n) is 7.72. The van der Waals surface area contributed by atoms with Gasteiger partial charge in [0.15, 0.2) is 0 Å². The van der Waals surface area contributed by atoms with Crippen molar-refractivity contribution in [2.24, 2.45) is 0 Å². The Kier molecular flexibility index (Phi) is 4.86.